The van der Waals surface area contributed by atoms with E-state index in [0.29, 0.717) is 5.92 Å². The Morgan fingerprint density at radius 1 is 0.645 bits per heavy atom. The van der Waals surface area contributed by atoms with Gasteiger partial charge in [-0.1, -0.05) is 92.8 Å². The summed E-state index contributed by atoms with van der Waals surface area (Å²) in [6.07, 6.45) is 18.9. The summed E-state index contributed by atoms with van der Waals surface area (Å²) < 4.78 is 0. The average Bonchev–Trinajstić information content (AvgIpc) is 2.84. The first-order valence-corrected chi connectivity index (χ1v) is 11.9. The molecule has 0 bridgehead atoms. The van der Waals surface area contributed by atoms with Gasteiger partial charge in [-0.2, -0.15) is 0 Å². The standard InChI is InChI=1S/C31H32/c1-22(2)30-10-6-7-11-31(30)25-14-12-24(13-15-25)27-17-19-28-20-26(16-18-29(28)21-27)23-8-4-3-5-9-23/h3-4,6-8,10-15,20-22H,5,9,16-19H2,1-2H3. The molecule has 0 heterocycles. The maximum atomic E-state index is 2.50. The van der Waals surface area contributed by atoms with Gasteiger partial charge in [0.1, 0.15) is 0 Å². The van der Waals surface area contributed by atoms with Crippen molar-refractivity contribution < 1.29 is 0 Å². The van der Waals surface area contributed by atoms with Gasteiger partial charge < -0.3 is 0 Å². The topological polar surface area (TPSA) is 0 Å². The molecule has 0 aromatic heterocycles. The molecule has 0 unspecified atom stereocenters. The highest BCUT2D eigenvalue weighted by atomic mass is 14.2. The molecule has 0 atom stereocenters. The predicted molar refractivity (Wildman–Crippen MR) is 134 cm³/mol. The molecular weight excluding hydrogens is 372 g/mol. The van der Waals surface area contributed by atoms with Gasteiger partial charge in [0, 0.05) is 0 Å². The van der Waals surface area contributed by atoms with Gasteiger partial charge in [0.05, 0.1) is 0 Å². The largest absolute Gasteiger partial charge is 0.0842 e. The minimum atomic E-state index is 0.534. The Bertz CT molecular complexity index is 1130. The molecular formula is C31H32. The maximum Gasteiger partial charge on any atom is -0.0149 e. The van der Waals surface area contributed by atoms with E-state index in [1.807, 2.05) is 0 Å². The Morgan fingerprint density at radius 3 is 2.03 bits per heavy atom. The molecule has 156 valence electrons. The summed E-state index contributed by atoms with van der Waals surface area (Å²) in [7, 11) is 0. The zero-order valence-corrected chi connectivity index (χ0v) is 18.8. The number of hydrogen-bond donors (Lipinski definition) is 0. The smallest absolute Gasteiger partial charge is 0.0149 e. The Hall–Kier alpha value is -2.86. The second-order valence-electron chi connectivity index (χ2n) is 9.37. The van der Waals surface area contributed by atoms with Crippen LogP contribution in [0.4, 0.5) is 0 Å². The molecule has 3 aliphatic carbocycles. The summed E-state index contributed by atoms with van der Waals surface area (Å²) in [5, 5.41) is 0. The fourth-order valence-corrected chi connectivity index (χ4v) is 5.23. The van der Waals surface area contributed by atoms with Crippen LogP contribution in [-0.4, -0.2) is 0 Å². The van der Waals surface area contributed by atoms with Gasteiger partial charge in [0.2, 0.25) is 0 Å². The molecule has 5 rings (SSSR count). The second-order valence-corrected chi connectivity index (χ2v) is 9.37. The van der Waals surface area contributed by atoms with E-state index in [9.17, 15) is 0 Å². The van der Waals surface area contributed by atoms with Crippen LogP contribution in [0, 0.1) is 0 Å². The quantitative estimate of drug-likeness (QED) is 0.477. The first-order valence-electron chi connectivity index (χ1n) is 11.9. The molecule has 0 amide bonds. The summed E-state index contributed by atoms with van der Waals surface area (Å²) in [6, 6.07) is 18.1. The number of hydrogen-bond acceptors (Lipinski definition) is 0. The second kappa shape index (κ2) is 8.71. The summed E-state index contributed by atoms with van der Waals surface area (Å²) in [4.78, 5) is 0. The lowest BCUT2D eigenvalue weighted by Crippen LogP contribution is -2.06. The lowest BCUT2D eigenvalue weighted by Gasteiger charge is -2.25. The Labute approximate surface area is 187 Å². The van der Waals surface area contributed by atoms with Crippen molar-refractivity contribution >= 4 is 5.57 Å². The van der Waals surface area contributed by atoms with E-state index < -0.39 is 0 Å². The van der Waals surface area contributed by atoms with Gasteiger partial charge in [-0.15, -0.1) is 0 Å². The highest BCUT2D eigenvalue weighted by Gasteiger charge is 2.19. The fraction of sp³-hybridized carbons (Fsp3) is 0.290. The predicted octanol–water partition coefficient (Wildman–Crippen LogP) is 8.95. The van der Waals surface area contributed by atoms with Gasteiger partial charge in [-0.3, -0.25) is 0 Å². The van der Waals surface area contributed by atoms with Crippen molar-refractivity contribution in [3.05, 3.63) is 112 Å². The molecule has 0 heteroatoms. The van der Waals surface area contributed by atoms with Crippen LogP contribution in [0.2, 0.25) is 0 Å². The Balaban J connectivity index is 1.39. The molecule has 0 fully saturated rings. The first kappa shape index (κ1) is 20.1. The van der Waals surface area contributed by atoms with Gasteiger partial charge in [0.15, 0.2) is 0 Å². The van der Waals surface area contributed by atoms with Crippen molar-refractivity contribution in [2.24, 2.45) is 0 Å². The third-order valence-corrected chi connectivity index (χ3v) is 7.01. The number of allylic oxidation sites excluding steroid dienone is 10. The molecule has 0 N–H and O–H groups in total. The zero-order valence-electron chi connectivity index (χ0n) is 18.8. The normalized spacial score (nSPS) is 18.5. The van der Waals surface area contributed by atoms with Crippen LogP contribution >= 0.6 is 0 Å². The van der Waals surface area contributed by atoms with E-state index in [1.165, 1.54) is 59.9 Å². The van der Waals surface area contributed by atoms with E-state index in [4.69, 9.17) is 0 Å². The summed E-state index contributed by atoms with van der Waals surface area (Å²) in [6.45, 7) is 4.55. The summed E-state index contributed by atoms with van der Waals surface area (Å²) in [5.74, 6) is 0.534. The lowest BCUT2D eigenvalue weighted by atomic mass is 9.80. The third kappa shape index (κ3) is 4.17. The molecule has 2 aromatic carbocycles. The van der Waals surface area contributed by atoms with Crippen LogP contribution in [0.5, 0.6) is 0 Å². The number of benzene rings is 2. The van der Waals surface area contributed by atoms with Crippen LogP contribution in [0.1, 0.15) is 69.4 Å². The van der Waals surface area contributed by atoms with Crippen molar-refractivity contribution in [2.75, 3.05) is 0 Å². The molecule has 0 radical (unpaired) electrons. The molecule has 0 saturated heterocycles. The molecule has 0 saturated carbocycles. The van der Waals surface area contributed by atoms with E-state index >= 15 is 0 Å². The highest BCUT2D eigenvalue weighted by Crippen LogP contribution is 2.40. The van der Waals surface area contributed by atoms with E-state index in [2.05, 4.69) is 92.8 Å². The summed E-state index contributed by atoms with van der Waals surface area (Å²) >= 11 is 0. The van der Waals surface area contributed by atoms with Crippen molar-refractivity contribution in [3.8, 4) is 11.1 Å². The third-order valence-electron chi connectivity index (χ3n) is 7.01. The molecule has 0 aliphatic heterocycles. The maximum absolute atomic E-state index is 2.50. The van der Waals surface area contributed by atoms with Crippen LogP contribution in [0.15, 0.2) is 101 Å². The van der Waals surface area contributed by atoms with Gasteiger partial charge in [0.25, 0.3) is 0 Å². The van der Waals surface area contributed by atoms with Crippen LogP contribution in [-0.2, 0) is 0 Å². The van der Waals surface area contributed by atoms with Crippen molar-refractivity contribution in [3.63, 3.8) is 0 Å². The molecule has 0 spiro atoms. The average molecular weight is 405 g/mol. The van der Waals surface area contributed by atoms with Crippen molar-refractivity contribution in [1.82, 2.24) is 0 Å². The van der Waals surface area contributed by atoms with E-state index in [1.54, 1.807) is 22.3 Å². The van der Waals surface area contributed by atoms with E-state index in [-0.39, 0.29) is 0 Å². The monoisotopic (exact) mass is 404 g/mol. The number of rotatable bonds is 4. The van der Waals surface area contributed by atoms with Crippen molar-refractivity contribution in [1.29, 1.82) is 0 Å². The van der Waals surface area contributed by atoms with Crippen molar-refractivity contribution in [2.45, 2.75) is 58.3 Å². The first-order chi connectivity index (χ1) is 15.2. The fourth-order valence-electron chi connectivity index (χ4n) is 5.23. The minimum absolute atomic E-state index is 0.534. The lowest BCUT2D eigenvalue weighted by molar-refractivity contribution is 0.840. The Morgan fingerprint density at radius 2 is 1.32 bits per heavy atom. The van der Waals surface area contributed by atoms with Gasteiger partial charge >= 0.3 is 0 Å². The zero-order chi connectivity index (χ0) is 21.2. The molecule has 0 nitrogen and oxygen atoms in total. The SMILES string of the molecule is CC(C)c1ccccc1-c1ccc(C2=CC3=C(C=C(C4=CC=CCC4)CC3)CC2)cc1. The molecule has 31 heavy (non-hydrogen) atoms. The van der Waals surface area contributed by atoms with Crippen LogP contribution < -0.4 is 0 Å². The van der Waals surface area contributed by atoms with E-state index in [0.717, 1.165) is 6.42 Å². The Kier molecular flexibility index (Phi) is 5.64. The summed E-state index contributed by atoms with van der Waals surface area (Å²) in [5.41, 5.74) is 13.3. The molecule has 2 aromatic rings. The highest BCUT2D eigenvalue weighted by molar-refractivity contribution is 5.75. The van der Waals surface area contributed by atoms with Crippen LogP contribution in [0.25, 0.3) is 16.7 Å². The van der Waals surface area contributed by atoms with Gasteiger partial charge in [-0.25, -0.2) is 0 Å². The van der Waals surface area contributed by atoms with Crippen LogP contribution in [0.3, 0.4) is 0 Å². The minimum Gasteiger partial charge on any atom is -0.0842 e. The molecule has 3 aliphatic rings. The van der Waals surface area contributed by atoms with Gasteiger partial charge in [-0.05, 0) is 94.6 Å².